The van der Waals surface area contributed by atoms with Gasteiger partial charge in [0.15, 0.2) is 0 Å². The Morgan fingerprint density at radius 2 is 1.75 bits per heavy atom. The third-order valence-electron chi connectivity index (χ3n) is 3.53. The first kappa shape index (κ1) is 13.5. The van der Waals surface area contributed by atoms with Gasteiger partial charge in [0.2, 0.25) is 0 Å². The molecule has 0 saturated heterocycles. The fourth-order valence-electron chi connectivity index (χ4n) is 2.49. The summed E-state index contributed by atoms with van der Waals surface area (Å²) in [7, 11) is 0. The molecule has 0 aromatic rings. The fourth-order valence-corrected chi connectivity index (χ4v) is 2.49. The van der Waals surface area contributed by atoms with Crippen LogP contribution in [0.4, 0.5) is 0 Å². The van der Waals surface area contributed by atoms with E-state index in [9.17, 15) is 0 Å². The normalized spacial score (nSPS) is 15.6. The van der Waals surface area contributed by atoms with E-state index >= 15 is 0 Å². The van der Waals surface area contributed by atoms with E-state index < -0.39 is 0 Å². The van der Waals surface area contributed by atoms with Crippen LogP contribution in [0.1, 0.15) is 71.6 Å². The van der Waals surface area contributed by atoms with Crippen molar-refractivity contribution in [3.63, 3.8) is 0 Å². The van der Waals surface area contributed by atoms with Gasteiger partial charge in [-0.2, -0.15) is 0 Å². The Hall–Kier alpha value is -0.520. The maximum absolute atomic E-state index is 2.45. The van der Waals surface area contributed by atoms with Crippen LogP contribution in [-0.2, 0) is 0 Å². The van der Waals surface area contributed by atoms with Gasteiger partial charge in [-0.1, -0.05) is 76.2 Å². The Morgan fingerprint density at radius 3 is 2.25 bits per heavy atom. The van der Waals surface area contributed by atoms with Crippen molar-refractivity contribution >= 4 is 0 Å². The van der Waals surface area contributed by atoms with Crippen LogP contribution in [0.15, 0.2) is 23.8 Å². The molecule has 0 saturated carbocycles. The van der Waals surface area contributed by atoms with Crippen LogP contribution in [-0.4, -0.2) is 0 Å². The largest absolute Gasteiger partial charge is 0.0840 e. The summed E-state index contributed by atoms with van der Waals surface area (Å²) < 4.78 is 0. The zero-order valence-electron chi connectivity index (χ0n) is 11.2. The summed E-state index contributed by atoms with van der Waals surface area (Å²) in [6, 6.07) is 0. The predicted octanol–water partition coefficient (Wildman–Crippen LogP) is 5.65. The van der Waals surface area contributed by atoms with Crippen molar-refractivity contribution in [3.05, 3.63) is 23.8 Å². The Labute approximate surface area is 102 Å². The fraction of sp³-hybridized carbons (Fsp3) is 0.750. The van der Waals surface area contributed by atoms with Crippen molar-refractivity contribution in [1.82, 2.24) is 0 Å². The third kappa shape index (κ3) is 5.53. The summed E-state index contributed by atoms with van der Waals surface area (Å²) in [5, 5.41) is 0. The van der Waals surface area contributed by atoms with E-state index in [2.05, 4.69) is 32.1 Å². The minimum atomic E-state index is 0.939. The Kier molecular flexibility index (Phi) is 7.29. The summed E-state index contributed by atoms with van der Waals surface area (Å²) in [6.45, 7) is 4.60. The third-order valence-corrected chi connectivity index (χ3v) is 3.53. The van der Waals surface area contributed by atoms with Crippen molar-refractivity contribution in [2.75, 3.05) is 0 Å². The number of allylic oxidation sites excluding steroid dienone is 4. The summed E-state index contributed by atoms with van der Waals surface area (Å²) >= 11 is 0. The average Bonchev–Trinajstić information content (AvgIpc) is 2.34. The second kappa shape index (κ2) is 8.61. The Balaban J connectivity index is 2.35. The molecule has 0 spiro atoms. The van der Waals surface area contributed by atoms with Crippen molar-refractivity contribution in [1.29, 1.82) is 0 Å². The van der Waals surface area contributed by atoms with E-state index in [1.165, 1.54) is 57.8 Å². The molecule has 0 amide bonds. The van der Waals surface area contributed by atoms with Crippen LogP contribution in [0.25, 0.3) is 0 Å². The number of rotatable bonds is 8. The molecule has 0 heteroatoms. The van der Waals surface area contributed by atoms with Crippen LogP contribution >= 0.6 is 0 Å². The lowest BCUT2D eigenvalue weighted by Gasteiger charge is -2.18. The minimum Gasteiger partial charge on any atom is -0.0840 e. The van der Waals surface area contributed by atoms with E-state index in [1.807, 2.05) is 0 Å². The number of hydrogen-bond acceptors (Lipinski definition) is 0. The molecule has 0 radical (unpaired) electrons. The van der Waals surface area contributed by atoms with Crippen LogP contribution < -0.4 is 0 Å². The van der Waals surface area contributed by atoms with E-state index in [4.69, 9.17) is 0 Å². The summed E-state index contributed by atoms with van der Waals surface area (Å²) in [5.74, 6) is 0.939. The zero-order valence-corrected chi connectivity index (χ0v) is 11.2. The van der Waals surface area contributed by atoms with Gasteiger partial charge < -0.3 is 0 Å². The second-order valence-corrected chi connectivity index (χ2v) is 5.11. The number of unbranched alkanes of at least 4 members (excludes halogenated alkanes) is 2. The first-order valence-corrected chi connectivity index (χ1v) is 7.22. The van der Waals surface area contributed by atoms with Crippen LogP contribution in [0.5, 0.6) is 0 Å². The molecule has 0 aromatic heterocycles. The van der Waals surface area contributed by atoms with Gasteiger partial charge in [-0.3, -0.25) is 0 Å². The molecular weight excluding hydrogens is 192 g/mol. The summed E-state index contributed by atoms with van der Waals surface area (Å²) in [4.78, 5) is 0. The monoisotopic (exact) mass is 220 g/mol. The molecule has 0 atom stereocenters. The molecule has 92 valence electrons. The van der Waals surface area contributed by atoms with E-state index in [1.54, 1.807) is 5.57 Å². The molecule has 0 bridgehead atoms. The quantitative estimate of drug-likeness (QED) is 0.496. The van der Waals surface area contributed by atoms with Crippen LogP contribution in [0.3, 0.4) is 0 Å². The van der Waals surface area contributed by atoms with E-state index in [0.29, 0.717) is 0 Å². The highest BCUT2D eigenvalue weighted by Gasteiger charge is 2.10. The van der Waals surface area contributed by atoms with Crippen LogP contribution in [0.2, 0.25) is 0 Å². The lowest BCUT2D eigenvalue weighted by atomic mass is 9.88. The van der Waals surface area contributed by atoms with Gasteiger partial charge in [0, 0.05) is 0 Å². The molecule has 1 aliphatic rings. The molecule has 0 nitrogen and oxygen atoms in total. The highest BCUT2D eigenvalue weighted by molar-refractivity contribution is 5.22. The SMILES string of the molecule is CCCCC(CCCC)CC1=CCCC=C1. The Morgan fingerprint density at radius 1 is 1.06 bits per heavy atom. The summed E-state index contributed by atoms with van der Waals surface area (Å²) in [6.07, 6.45) is 19.4. The van der Waals surface area contributed by atoms with Crippen molar-refractivity contribution in [3.8, 4) is 0 Å². The molecular formula is C16H28. The molecule has 0 fully saturated rings. The van der Waals surface area contributed by atoms with E-state index in [0.717, 1.165) is 5.92 Å². The van der Waals surface area contributed by atoms with Crippen LogP contribution in [0, 0.1) is 5.92 Å². The second-order valence-electron chi connectivity index (χ2n) is 5.11. The molecule has 0 unspecified atom stereocenters. The molecule has 1 rings (SSSR count). The molecule has 16 heavy (non-hydrogen) atoms. The molecule has 1 aliphatic carbocycles. The van der Waals surface area contributed by atoms with Gasteiger partial charge >= 0.3 is 0 Å². The van der Waals surface area contributed by atoms with Crippen molar-refractivity contribution in [2.24, 2.45) is 5.92 Å². The first-order valence-electron chi connectivity index (χ1n) is 7.22. The highest BCUT2D eigenvalue weighted by atomic mass is 14.2. The lowest BCUT2D eigenvalue weighted by molar-refractivity contribution is 0.418. The van der Waals surface area contributed by atoms with Gasteiger partial charge in [0.25, 0.3) is 0 Å². The number of hydrogen-bond donors (Lipinski definition) is 0. The maximum atomic E-state index is 2.45. The molecule has 0 N–H and O–H groups in total. The predicted molar refractivity (Wildman–Crippen MR) is 73.6 cm³/mol. The maximum Gasteiger partial charge on any atom is -0.0254 e. The smallest absolute Gasteiger partial charge is 0.0254 e. The van der Waals surface area contributed by atoms with Crippen molar-refractivity contribution in [2.45, 2.75) is 71.6 Å². The van der Waals surface area contributed by atoms with Gasteiger partial charge in [0.05, 0.1) is 0 Å². The lowest BCUT2D eigenvalue weighted by Crippen LogP contribution is -2.02. The first-order chi connectivity index (χ1) is 7.86. The highest BCUT2D eigenvalue weighted by Crippen LogP contribution is 2.26. The van der Waals surface area contributed by atoms with Gasteiger partial charge in [-0.05, 0) is 25.2 Å². The van der Waals surface area contributed by atoms with Gasteiger partial charge in [-0.25, -0.2) is 0 Å². The van der Waals surface area contributed by atoms with E-state index in [-0.39, 0.29) is 0 Å². The molecule has 0 aromatic carbocycles. The Bertz CT molecular complexity index is 214. The standard InChI is InChI=1S/C16H28/c1-3-5-10-15(11-6-4-2)14-16-12-8-7-9-13-16/h8,12-13,15H,3-7,9-11,14H2,1-2H3. The average molecular weight is 220 g/mol. The van der Waals surface area contributed by atoms with Crippen molar-refractivity contribution < 1.29 is 0 Å². The topological polar surface area (TPSA) is 0 Å². The molecule has 0 aliphatic heterocycles. The van der Waals surface area contributed by atoms with Gasteiger partial charge in [-0.15, -0.1) is 0 Å². The summed E-state index contributed by atoms with van der Waals surface area (Å²) in [5.41, 5.74) is 1.60. The minimum absolute atomic E-state index is 0.939. The molecule has 0 heterocycles. The van der Waals surface area contributed by atoms with Gasteiger partial charge in [0.1, 0.15) is 0 Å². The zero-order chi connectivity index (χ0) is 11.6.